The third-order valence-electron chi connectivity index (χ3n) is 1.61. The van der Waals surface area contributed by atoms with Crippen molar-refractivity contribution in [1.29, 1.82) is 0 Å². The number of hydrogen-bond acceptors (Lipinski definition) is 3. The maximum absolute atomic E-state index is 10.8. The molecule has 0 amide bonds. The first-order chi connectivity index (χ1) is 6.09. The molecule has 1 unspecified atom stereocenters. The SMILES string of the molecule is NC(Cc1ccc[n+]([O-])c1)C(=O)O. The van der Waals surface area contributed by atoms with Gasteiger partial charge in [0.05, 0.1) is 0 Å². The topological polar surface area (TPSA) is 90.3 Å². The van der Waals surface area contributed by atoms with Crippen LogP contribution in [0.4, 0.5) is 0 Å². The smallest absolute Gasteiger partial charge is 0.320 e. The molecule has 0 saturated carbocycles. The van der Waals surface area contributed by atoms with Gasteiger partial charge in [-0.25, -0.2) is 0 Å². The molecule has 0 bridgehead atoms. The number of carboxylic acid groups (broad SMARTS) is 1. The molecular weight excluding hydrogens is 172 g/mol. The molecule has 0 aliphatic carbocycles. The Bertz CT molecular complexity index is 314. The van der Waals surface area contributed by atoms with E-state index in [4.69, 9.17) is 10.8 Å². The molecule has 13 heavy (non-hydrogen) atoms. The van der Waals surface area contributed by atoms with E-state index in [0.717, 1.165) is 0 Å². The van der Waals surface area contributed by atoms with Gasteiger partial charge >= 0.3 is 5.97 Å². The first kappa shape index (κ1) is 9.47. The largest absolute Gasteiger partial charge is 0.619 e. The van der Waals surface area contributed by atoms with Gasteiger partial charge in [0.15, 0.2) is 12.4 Å². The number of pyridine rings is 1. The summed E-state index contributed by atoms with van der Waals surface area (Å²) in [5, 5.41) is 19.3. The molecule has 1 aromatic rings. The number of hydrogen-bond donors (Lipinski definition) is 2. The number of aliphatic carboxylic acids is 1. The monoisotopic (exact) mass is 182 g/mol. The van der Waals surface area contributed by atoms with E-state index in [9.17, 15) is 10.0 Å². The first-order valence-corrected chi connectivity index (χ1v) is 3.75. The quantitative estimate of drug-likeness (QED) is 0.476. The maximum Gasteiger partial charge on any atom is 0.320 e. The van der Waals surface area contributed by atoms with E-state index in [1.807, 2.05) is 0 Å². The average molecular weight is 182 g/mol. The minimum atomic E-state index is -1.07. The second-order valence-electron chi connectivity index (χ2n) is 2.72. The number of aromatic nitrogens is 1. The predicted octanol–water partition coefficient (Wildman–Crippen LogP) is -0.726. The highest BCUT2D eigenvalue weighted by atomic mass is 16.5. The van der Waals surface area contributed by atoms with Crippen LogP contribution in [0.15, 0.2) is 24.5 Å². The number of nitrogens with zero attached hydrogens (tertiary/aromatic N) is 1. The maximum atomic E-state index is 10.8. The fraction of sp³-hybridized carbons (Fsp3) is 0.250. The Labute approximate surface area is 75.0 Å². The molecule has 0 spiro atoms. The highest BCUT2D eigenvalue weighted by Crippen LogP contribution is 1.98. The number of carboxylic acids is 1. The molecule has 0 radical (unpaired) electrons. The van der Waals surface area contributed by atoms with Crippen molar-refractivity contribution in [3.8, 4) is 0 Å². The standard InChI is InChI=1S/C8H10N2O3/c9-7(8(11)12)4-6-2-1-3-10(13)5-6/h1-3,5,7H,4,9H2,(H,11,12). The molecule has 5 heteroatoms. The van der Waals surface area contributed by atoms with E-state index in [2.05, 4.69) is 0 Å². The lowest BCUT2D eigenvalue weighted by atomic mass is 10.1. The van der Waals surface area contributed by atoms with Gasteiger partial charge in [0.2, 0.25) is 0 Å². The van der Waals surface area contributed by atoms with E-state index in [1.54, 1.807) is 12.1 Å². The van der Waals surface area contributed by atoms with Crippen LogP contribution in [0.3, 0.4) is 0 Å². The Kier molecular flexibility index (Phi) is 2.81. The summed E-state index contributed by atoms with van der Waals surface area (Å²) in [6.45, 7) is 0. The summed E-state index contributed by atoms with van der Waals surface area (Å²) in [4.78, 5) is 10.4. The molecule has 1 heterocycles. The van der Waals surface area contributed by atoms with Crippen molar-refractivity contribution in [3.63, 3.8) is 0 Å². The van der Waals surface area contributed by atoms with Crippen LogP contribution in [0.2, 0.25) is 0 Å². The van der Waals surface area contributed by atoms with Gasteiger partial charge in [-0.1, -0.05) is 0 Å². The lowest BCUT2D eigenvalue weighted by Gasteiger charge is -2.05. The molecule has 0 saturated heterocycles. The molecule has 5 nitrogen and oxygen atoms in total. The average Bonchev–Trinajstić information content (AvgIpc) is 2.04. The Balaban J connectivity index is 2.69. The minimum Gasteiger partial charge on any atom is -0.619 e. The van der Waals surface area contributed by atoms with Gasteiger partial charge in [0.25, 0.3) is 0 Å². The van der Waals surface area contributed by atoms with Gasteiger partial charge in [-0.3, -0.25) is 4.79 Å². The third-order valence-corrected chi connectivity index (χ3v) is 1.61. The summed E-state index contributed by atoms with van der Waals surface area (Å²) in [6.07, 6.45) is 2.80. The third kappa shape index (κ3) is 2.72. The lowest BCUT2D eigenvalue weighted by Crippen LogP contribution is -2.33. The van der Waals surface area contributed by atoms with Crippen LogP contribution in [-0.4, -0.2) is 17.1 Å². The Morgan fingerprint density at radius 3 is 3.00 bits per heavy atom. The fourth-order valence-corrected chi connectivity index (χ4v) is 0.963. The van der Waals surface area contributed by atoms with Gasteiger partial charge in [0, 0.05) is 18.1 Å². The molecule has 1 rings (SSSR count). The second-order valence-corrected chi connectivity index (χ2v) is 2.72. The van der Waals surface area contributed by atoms with Crippen LogP contribution in [0.5, 0.6) is 0 Å². The number of carbonyl (C=O) groups is 1. The molecule has 1 atom stereocenters. The highest BCUT2D eigenvalue weighted by molar-refractivity contribution is 5.73. The molecule has 0 fully saturated rings. The van der Waals surface area contributed by atoms with Gasteiger partial charge in [-0.15, -0.1) is 0 Å². The predicted molar refractivity (Wildman–Crippen MR) is 44.7 cm³/mol. The van der Waals surface area contributed by atoms with Crippen molar-refractivity contribution in [2.75, 3.05) is 0 Å². The van der Waals surface area contributed by atoms with Crippen molar-refractivity contribution in [2.45, 2.75) is 12.5 Å². The number of nitrogens with two attached hydrogens (primary N) is 1. The van der Waals surface area contributed by atoms with Crippen molar-refractivity contribution in [3.05, 3.63) is 35.3 Å². The minimum absolute atomic E-state index is 0.165. The van der Waals surface area contributed by atoms with Gasteiger partial charge in [-0.05, 0) is 6.07 Å². The zero-order valence-corrected chi connectivity index (χ0v) is 6.88. The van der Waals surface area contributed by atoms with Gasteiger partial charge in [-0.2, -0.15) is 4.73 Å². The van der Waals surface area contributed by atoms with Crippen LogP contribution in [0, 0.1) is 5.21 Å². The van der Waals surface area contributed by atoms with Crippen LogP contribution >= 0.6 is 0 Å². The molecule has 0 aliphatic heterocycles. The lowest BCUT2D eigenvalue weighted by molar-refractivity contribution is -0.605. The van der Waals surface area contributed by atoms with E-state index in [-0.39, 0.29) is 6.42 Å². The molecule has 0 aromatic carbocycles. The first-order valence-electron chi connectivity index (χ1n) is 3.75. The van der Waals surface area contributed by atoms with Crippen LogP contribution in [0.25, 0.3) is 0 Å². The van der Waals surface area contributed by atoms with Crippen LogP contribution < -0.4 is 10.5 Å². The summed E-state index contributed by atoms with van der Waals surface area (Å²) in [5.41, 5.74) is 5.91. The zero-order chi connectivity index (χ0) is 9.84. The van der Waals surface area contributed by atoms with Crippen molar-refractivity contribution in [2.24, 2.45) is 5.73 Å². The normalized spacial score (nSPS) is 12.4. The van der Waals surface area contributed by atoms with Gasteiger partial charge < -0.3 is 16.0 Å². The van der Waals surface area contributed by atoms with Crippen molar-refractivity contribution < 1.29 is 14.6 Å². The fourth-order valence-electron chi connectivity index (χ4n) is 0.963. The van der Waals surface area contributed by atoms with E-state index < -0.39 is 12.0 Å². The Morgan fingerprint density at radius 2 is 2.46 bits per heavy atom. The van der Waals surface area contributed by atoms with Crippen molar-refractivity contribution in [1.82, 2.24) is 0 Å². The van der Waals surface area contributed by atoms with E-state index >= 15 is 0 Å². The molecular formula is C8H10N2O3. The molecule has 1 aromatic heterocycles. The van der Waals surface area contributed by atoms with Crippen LogP contribution in [0.1, 0.15) is 5.56 Å². The Morgan fingerprint density at radius 1 is 1.77 bits per heavy atom. The Hall–Kier alpha value is -1.62. The zero-order valence-electron chi connectivity index (χ0n) is 6.88. The van der Waals surface area contributed by atoms with Crippen molar-refractivity contribution >= 4 is 5.97 Å². The molecule has 70 valence electrons. The van der Waals surface area contributed by atoms with E-state index in [1.165, 1.54) is 12.4 Å². The summed E-state index contributed by atoms with van der Waals surface area (Å²) in [7, 11) is 0. The summed E-state index contributed by atoms with van der Waals surface area (Å²) >= 11 is 0. The van der Waals surface area contributed by atoms with Gasteiger partial charge in [0.1, 0.15) is 6.04 Å². The summed E-state index contributed by atoms with van der Waals surface area (Å²) < 4.78 is 0.615. The second kappa shape index (κ2) is 3.86. The highest BCUT2D eigenvalue weighted by Gasteiger charge is 2.12. The number of rotatable bonds is 3. The van der Waals surface area contributed by atoms with Crippen LogP contribution in [-0.2, 0) is 11.2 Å². The van der Waals surface area contributed by atoms with E-state index in [0.29, 0.717) is 10.3 Å². The molecule has 3 N–H and O–H groups in total. The summed E-state index contributed by atoms with van der Waals surface area (Å²) in [6, 6.07) is 2.26. The summed E-state index contributed by atoms with van der Waals surface area (Å²) in [5.74, 6) is -1.07. The molecule has 0 aliphatic rings.